The molecule has 8 heteroatoms. The third-order valence-electron chi connectivity index (χ3n) is 2.98. The van der Waals surface area contributed by atoms with Crippen molar-refractivity contribution in [3.05, 3.63) is 41.7 Å². The maximum Gasteiger partial charge on any atom is 0.241 e. The summed E-state index contributed by atoms with van der Waals surface area (Å²) in [4.78, 5) is 11.9. The van der Waals surface area contributed by atoms with Gasteiger partial charge in [-0.2, -0.15) is 5.10 Å². The van der Waals surface area contributed by atoms with Crippen LogP contribution in [0.3, 0.4) is 0 Å². The molecule has 0 aliphatic rings. The van der Waals surface area contributed by atoms with Crippen LogP contribution in [0.15, 0.2) is 36.7 Å². The first kappa shape index (κ1) is 13.6. The lowest BCUT2D eigenvalue weighted by Gasteiger charge is -2.05. The van der Waals surface area contributed by atoms with Gasteiger partial charge in [-0.3, -0.25) is 9.48 Å². The highest BCUT2D eigenvalue weighted by molar-refractivity contribution is 6.30. The minimum atomic E-state index is -0.121. The number of hydrogen-bond acceptors (Lipinski definition) is 4. The fourth-order valence-corrected chi connectivity index (χ4v) is 2.15. The fourth-order valence-electron chi connectivity index (χ4n) is 2.00. The van der Waals surface area contributed by atoms with Crippen LogP contribution in [-0.2, 0) is 17.9 Å². The number of amides is 1. The molecule has 0 bridgehead atoms. The number of carbonyl (C=O) groups is 1. The highest BCUT2D eigenvalue weighted by Crippen LogP contribution is 2.09. The van der Waals surface area contributed by atoms with Gasteiger partial charge < -0.3 is 5.32 Å². The molecule has 0 spiro atoms. The predicted molar refractivity (Wildman–Crippen MR) is 77.8 cm³/mol. The summed E-state index contributed by atoms with van der Waals surface area (Å²) in [5, 5.41) is 15.4. The van der Waals surface area contributed by atoms with Gasteiger partial charge in [-0.25, -0.2) is 4.68 Å². The van der Waals surface area contributed by atoms with Crippen LogP contribution >= 0.6 is 11.6 Å². The lowest BCUT2D eigenvalue weighted by atomic mass is 10.3. The molecule has 21 heavy (non-hydrogen) atoms. The lowest BCUT2D eigenvalue weighted by molar-refractivity contribution is -0.121. The summed E-state index contributed by atoms with van der Waals surface area (Å²) >= 11 is 5.76. The Bertz CT molecular complexity index is 765. The molecule has 2 aromatic heterocycles. The lowest BCUT2D eigenvalue weighted by Crippen LogP contribution is -2.30. The smallest absolute Gasteiger partial charge is 0.241 e. The molecular formula is C13H13ClN6O. The molecule has 0 radical (unpaired) electrons. The second-order valence-corrected chi connectivity index (χ2v) is 4.94. The first-order valence-corrected chi connectivity index (χ1v) is 6.83. The zero-order chi connectivity index (χ0) is 14.7. The molecule has 0 fully saturated rings. The highest BCUT2D eigenvalue weighted by Gasteiger charge is 2.08. The zero-order valence-electron chi connectivity index (χ0n) is 11.1. The molecule has 3 rings (SSSR count). The molecule has 1 N–H and O–H groups in total. The van der Waals surface area contributed by atoms with E-state index in [9.17, 15) is 4.79 Å². The predicted octanol–water partition coefficient (Wildman–Crippen LogP) is 1.10. The van der Waals surface area contributed by atoms with Gasteiger partial charge in [0.1, 0.15) is 12.1 Å². The number of fused-ring (bicyclic) bond motifs is 1. The van der Waals surface area contributed by atoms with Crippen molar-refractivity contribution in [1.82, 2.24) is 30.1 Å². The Morgan fingerprint density at radius 2 is 2.19 bits per heavy atom. The Balaban J connectivity index is 1.54. The molecule has 0 saturated heterocycles. The van der Waals surface area contributed by atoms with Crippen molar-refractivity contribution < 1.29 is 4.79 Å². The first-order valence-electron chi connectivity index (χ1n) is 6.45. The van der Waals surface area contributed by atoms with Gasteiger partial charge in [-0.1, -0.05) is 28.9 Å². The largest absolute Gasteiger partial charge is 0.353 e. The summed E-state index contributed by atoms with van der Waals surface area (Å²) in [6.07, 6.45) is 3.27. The van der Waals surface area contributed by atoms with E-state index in [-0.39, 0.29) is 12.5 Å². The van der Waals surface area contributed by atoms with Gasteiger partial charge in [0.15, 0.2) is 0 Å². The van der Waals surface area contributed by atoms with Crippen molar-refractivity contribution in [2.45, 2.75) is 13.1 Å². The molecule has 3 aromatic rings. The van der Waals surface area contributed by atoms with Gasteiger partial charge in [-0.05, 0) is 12.1 Å². The van der Waals surface area contributed by atoms with E-state index in [0.717, 1.165) is 11.0 Å². The van der Waals surface area contributed by atoms with E-state index in [1.165, 1.54) is 0 Å². The van der Waals surface area contributed by atoms with Gasteiger partial charge in [0.2, 0.25) is 5.91 Å². The van der Waals surface area contributed by atoms with E-state index in [0.29, 0.717) is 18.1 Å². The average Bonchev–Trinajstić information content (AvgIpc) is 3.06. The highest BCUT2D eigenvalue weighted by atomic mass is 35.5. The SMILES string of the molecule is O=C(Cn1nnc2ccccc21)NCCn1cc(Cl)cn1. The number of hydrogen-bond donors (Lipinski definition) is 1. The van der Waals surface area contributed by atoms with Crippen molar-refractivity contribution in [2.24, 2.45) is 0 Å². The molecule has 0 saturated carbocycles. The van der Waals surface area contributed by atoms with Gasteiger partial charge in [0, 0.05) is 12.7 Å². The van der Waals surface area contributed by atoms with Crippen molar-refractivity contribution in [2.75, 3.05) is 6.54 Å². The normalized spacial score (nSPS) is 10.9. The molecular weight excluding hydrogens is 292 g/mol. The molecule has 1 aromatic carbocycles. The molecule has 108 valence electrons. The summed E-state index contributed by atoms with van der Waals surface area (Å²) in [6, 6.07) is 7.52. The van der Waals surface area contributed by atoms with Crippen LogP contribution in [-0.4, -0.2) is 37.2 Å². The number of para-hydroxylation sites is 1. The number of nitrogens with zero attached hydrogens (tertiary/aromatic N) is 5. The third kappa shape index (κ3) is 3.19. The van der Waals surface area contributed by atoms with E-state index in [1.807, 2.05) is 24.3 Å². The Kier molecular flexibility index (Phi) is 3.83. The van der Waals surface area contributed by atoms with Crippen LogP contribution in [0.1, 0.15) is 0 Å². The van der Waals surface area contributed by atoms with Crippen molar-refractivity contribution in [1.29, 1.82) is 0 Å². The summed E-state index contributed by atoms with van der Waals surface area (Å²) in [5.74, 6) is -0.121. The second-order valence-electron chi connectivity index (χ2n) is 4.51. The van der Waals surface area contributed by atoms with Gasteiger partial charge in [0.25, 0.3) is 0 Å². The first-order chi connectivity index (χ1) is 10.2. The average molecular weight is 305 g/mol. The van der Waals surface area contributed by atoms with Crippen LogP contribution < -0.4 is 5.32 Å². The van der Waals surface area contributed by atoms with E-state index in [2.05, 4.69) is 20.7 Å². The minimum Gasteiger partial charge on any atom is -0.353 e. The second kappa shape index (κ2) is 5.92. The summed E-state index contributed by atoms with van der Waals surface area (Å²) < 4.78 is 3.25. The van der Waals surface area contributed by atoms with Crippen LogP contribution in [0.4, 0.5) is 0 Å². The van der Waals surface area contributed by atoms with Gasteiger partial charge >= 0.3 is 0 Å². The Labute approximate surface area is 125 Å². The minimum absolute atomic E-state index is 0.121. The molecule has 0 aliphatic carbocycles. The topological polar surface area (TPSA) is 77.6 Å². The van der Waals surface area contributed by atoms with Crippen LogP contribution in [0.5, 0.6) is 0 Å². The number of aromatic nitrogens is 5. The van der Waals surface area contributed by atoms with Crippen molar-refractivity contribution >= 4 is 28.5 Å². The van der Waals surface area contributed by atoms with Gasteiger partial charge in [0.05, 0.1) is 23.3 Å². The molecule has 0 aliphatic heterocycles. The third-order valence-corrected chi connectivity index (χ3v) is 3.17. The number of carbonyl (C=O) groups excluding carboxylic acids is 1. The summed E-state index contributed by atoms with van der Waals surface area (Å²) in [6.45, 7) is 1.18. The molecule has 0 unspecified atom stereocenters. The standard InChI is InChI=1S/C13H13ClN6O/c14-10-7-16-19(8-10)6-5-15-13(21)9-20-12-4-2-1-3-11(12)17-18-20/h1-4,7-8H,5-6,9H2,(H,15,21). The summed E-state index contributed by atoms with van der Waals surface area (Å²) in [5.41, 5.74) is 1.61. The van der Waals surface area contributed by atoms with E-state index < -0.39 is 0 Å². The fraction of sp³-hybridized carbons (Fsp3) is 0.231. The molecule has 7 nitrogen and oxygen atoms in total. The van der Waals surface area contributed by atoms with Gasteiger partial charge in [-0.15, -0.1) is 5.10 Å². The van der Waals surface area contributed by atoms with Crippen molar-refractivity contribution in [3.8, 4) is 0 Å². The van der Waals surface area contributed by atoms with Crippen LogP contribution in [0, 0.1) is 0 Å². The molecule has 1 amide bonds. The Hall–Kier alpha value is -2.41. The van der Waals surface area contributed by atoms with E-state index in [4.69, 9.17) is 11.6 Å². The van der Waals surface area contributed by atoms with E-state index >= 15 is 0 Å². The van der Waals surface area contributed by atoms with Crippen molar-refractivity contribution in [3.63, 3.8) is 0 Å². The Morgan fingerprint density at radius 3 is 3.00 bits per heavy atom. The quantitative estimate of drug-likeness (QED) is 0.765. The molecule has 2 heterocycles. The molecule has 0 atom stereocenters. The number of rotatable bonds is 5. The number of nitrogens with one attached hydrogen (secondary N) is 1. The zero-order valence-corrected chi connectivity index (χ0v) is 11.9. The monoisotopic (exact) mass is 304 g/mol. The maximum absolute atomic E-state index is 11.9. The maximum atomic E-state index is 11.9. The van der Waals surface area contributed by atoms with E-state index in [1.54, 1.807) is 21.8 Å². The Morgan fingerprint density at radius 1 is 1.33 bits per heavy atom. The van der Waals surface area contributed by atoms with Crippen LogP contribution in [0.2, 0.25) is 5.02 Å². The number of halogens is 1. The van der Waals surface area contributed by atoms with Crippen LogP contribution in [0.25, 0.3) is 11.0 Å². The number of benzene rings is 1. The summed E-state index contributed by atoms with van der Waals surface area (Å²) in [7, 11) is 0.